The molecule has 0 bridgehead atoms. The van der Waals surface area contributed by atoms with E-state index < -0.39 is 16.0 Å². The van der Waals surface area contributed by atoms with E-state index in [1.165, 1.54) is 19.2 Å². The molecule has 0 unspecified atom stereocenters. The van der Waals surface area contributed by atoms with Crippen LogP contribution >= 0.6 is 0 Å². The first-order valence-corrected chi connectivity index (χ1v) is 10.3. The normalized spacial score (nSPS) is 13.2. The average molecular weight is 390 g/mol. The van der Waals surface area contributed by atoms with Crippen LogP contribution in [0.2, 0.25) is 0 Å². The number of carbonyl (C=O) groups excluding carboxylic acids is 1. The summed E-state index contributed by atoms with van der Waals surface area (Å²) in [7, 11) is -2.48. The molecule has 0 amide bonds. The van der Waals surface area contributed by atoms with Crippen molar-refractivity contribution in [1.82, 2.24) is 4.72 Å². The summed E-state index contributed by atoms with van der Waals surface area (Å²) >= 11 is 0. The first-order chi connectivity index (χ1) is 12.6. The van der Waals surface area contributed by atoms with Gasteiger partial charge in [-0.25, -0.2) is 17.9 Å². The molecule has 0 aliphatic heterocycles. The van der Waals surface area contributed by atoms with Crippen LogP contribution in [0, 0.1) is 6.92 Å². The molecule has 0 spiro atoms. The van der Waals surface area contributed by atoms with E-state index in [-0.39, 0.29) is 21.9 Å². The Bertz CT molecular complexity index is 905. The maximum absolute atomic E-state index is 12.8. The van der Waals surface area contributed by atoms with Gasteiger partial charge in [0.05, 0.1) is 17.6 Å². The van der Waals surface area contributed by atoms with Crippen LogP contribution in [0.4, 0.5) is 0 Å². The number of ether oxygens (including phenoxy) is 1. The molecule has 1 N–H and O–H groups in total. The van der Waals surface area contributed by atoms with Gasteiger partial charge in [0.15, 0.2) is 0 Å². The summed E-state index contributed by atoms with van der Waals surface area (Å²) in [6, 6.07) is 14.2. The van der Waals surface area contributed by atoms with E-state index in [0.29, 0.717) is 12.0 Å². The van der Waals surface area contributed by atoms with Crippen LogP contribution in [0.3, 0.4) is 0 Å². The van der Waals surface area contributed by atoms with Gasteiger partial charge < -0.3 is 4.74 Å². The quantitative estimate of drug-likeness (QED) is 0.731. The van der Waals surface area contributed by atoms with Crippen LogP contribution in [-0.4, -0.2) is 27.5 Å². The molecule has 0 saturated heterocycles. The summed E-state index contributed by atoms with van der Waals surface area (Å²) in [4.78, 5) is 11.9. The Morgan fingerprint density at radius 3 is 2.37 bits per heavy atom. The number of hydrogen-bond donors (Lipinski definition) is 1. The van der Waals surface area contributed by atoms with Gasteiger partial charge in [-0.1, -0.05) is 50.2 Å². The number of aryl methyl sites for hydroxylation is 1. The van der Waals surface area contributed by atoms with Crippen molar-refractivity contribution in [2.24, 2.45) is 0 Å². The highest BCUT2D eigenvalue weighted by atomic mass is 32.2. The molecule has 0 aromatic heterocycles. The Balaban J connectivity index is 2.20. The largest absolute Gasteiger partial charge is 0.465 e. The van der Waals surface area contributed by atoms with Gasteiger partial charge in [-0.2, -0.15) is 0 Å². The van der Waals surface area contributed by atoms with Crippen LogP contribution in [-0.2, 0) is 20.2 Å². The molecule has 2 aromatic rings. The monoisotopic (exact) mass is 389 g/mol. The van der Waals surface area contributed by atoms with Crippen molar-refractivity contribution in [2.75, 3.05) is 7.11 Å². The lowest BCUT2D eigenvalue weighted by Crippen LogP contribution is -2.37. The molecule has 6 heteroatoms. The number of carbonyl (C=O) groups is 1. The fourth-order valence-electron chi connectivity index (χ4n) is 3.25. The molecular formula is C21H27NO4S. The van der Waals surface area contributed by atoms with Crippen LogP contribution < -0.4 is 4.72 Å². The summed E-state index contributed by atoms with van der Waals surface area (Å²) in [5.41, 5.74) is 1.88. The van der Waals surface area contributed by atoms with Gasteiger partial charge >= 0.3 is 5.97 Å². The summed E-state index contributed by atoms with van der Waals surface area (Å²) in [6.07, 6.45) is 0.631. The fraction of sp³-hybridized carbons (Fsp3) is 0.381. The molecule has 0 aliphatic carbocycles. The molecule has 0 fully saturated rings. The second kappa shape index (κ2) is 8.23. The molecular weight excluding hydrogens is 362 g/mol. The molecule has 0 aliphatic rings. The minimum absolute atomic E-state index is 0.0536. The van der Waals surface area contributed by atoms with Crippen molar-refractivity contribution in [3.8, 4) is 0 Å². The van der Waals surface area contributed by atoms with E-state index in [2.05, 4.69) is 18.6 Å². The predicted molar refractivity (Wildman–Crippen MR) is 106 cm³/mol. The summed E-state index contributed by atoms with van der Waals surface area (Å²) < 4.78 is 33.0. The highest BCUT2D eigenvalue weighted by molar-refractivity contribution is 7.89. The lowest BCUT2D eigenvalue weighted by atomic mass is 9.79. The Morgan fingerprint density at radius 1 is 1.15 bits per heavy atom. The number of rotatable bonds is 7. The molecule has 0 saturated carbocycles. The van der Waals surface area contributed by atoms with Crippen LogP contribution in [0.5, 0.6) is 0 Å². The zero-order chi connectivity index (χ0) is 20.2. The maximum atomic E-state index is 12.8. The SMILES string of the molecule is COC(=O)c1cc(S(=O)(=O)N[C@H](C)CC(C)(C)c2ccccc2)ccc1C. The van der Waals surface area contributed by atoms with Gasteiger partial charge in [0.2, 0.25) is 10.0 Å². The minimum Gasteiger partial charge on any atom is -0.465 e. The molecule has 2 rings (SSSR count). The lowest BCUT2D eigenvalue weighted by Gasteiger charge is -2.29. The van der Waals surface area contributed by atoms with Gasteiger partial charge in [0.1, 0.15) is 0 Å². The molecule has 2 aromatic carbocycles. The van der Waals surface area contributed by atoms with Crippen molar-refractivity contribution < 1.29 is 17.9 Å². The number of benzene rings is 2. The number of methoxy groups -OCH3 is 1. The molecule has 1 atom stereocenters. The Kier molecular flexibility index (Phi) is 6.44. The predicted octanol–water partition coefficient (Wildman–Crippen LogP) is 3.82. The second-order valence-electron chi connectivity index (χ2n) is 7.44. The van der Waals surface area contributed by atoms with Crippen molar-refractivity contribution in [3.05, 3.63) is 65.2 Å². The molecule has 0 heterocycles. The van der Waals surface area contributed by atoms with Crippen molar-refractivity contribution in [1.29, 1.82) is 0 Å². The molecule has 5 nitrogen and oxygen atoms in total. The van der Waals surface area contributed by atoms with Gasteiger partial charge in [0.25, 0.3) is 0 Å². The standard InChI is InChI=1S/C21H27NO4S/c1-15-11-12-18(13-19(15)20(23)26-5)27(24,25)22-16(2)14-21(3,4)17-9-7-6-8-10-17/h6-13,16,22H,14H2,1-5H3/t16-/m1/s1. The van der Waals surface area contributed by atoms with Gasteiger partial charge in [-0.3, -0.25) is 0 Å². The smallest absolute Gasteiger partial charge is 0.338 e. The second-order valence-corrected chi connectivity index (χ2v) is 9.16. The third-order valence-electron chi connectivity index (χ3n) is 4.65. The lowest BCUT2D eigenvalue weighted by molar-refractivity contribution is 0.0599. The highest BCUT2D eigenvalue weighted by Crippen LogP contribution is 2.28. The third-order valence-corrected chi connectivity index (χ3v) is 6.24. The van der Waals surface area contributed by atoms with E-state index in [4.69, 9.17) is 4.74 Å². The van der Waals surface area contributed by atoms with Crippen LogP contribution in [0.25, 0.3) is 0 Å². The number of hydrogen-bond acceptors (Lipinski definition) is 4. The summed E-state index contributed by atoms with van der Waals surface area (Å²) in [6.45, 7) is 7.77. The highest BCUT2D eigenvalue weighted by Gasteiger charge is 2.27. The van der Waals surface area contributed by atoms with E-state index >= 15 is 0 Å². The maximum Gasteiger partial charge on any atom is 0.338 e. The Hall–Kier alpha value is -2.18. The minimum atomic E-state index is -3.75. The van der Waals surface area contributed by atoms with Crippen LogP contribution in [0.1, 0.15) is 48.7 Å². The summed E-state index contributed by atoms with van der Waals surface area (Å²) in [5, 5.41) is 0. The van der Waals surface area contributed by atoms with Gasteiger partial charge in [0, 0.05) is 6.04 Å². The fourth-order valence-corrected chi connectivity index (χ4v) is 4.51. The third kappa shape index (κ3) is 5.17. The van der Waals surface area contributed by atoms with E-state index in [9.17, 15) is 13.2 Å². The number of sulfonamides is 1. The van der Waals surface area contributed by atoms with E-state index in [0.717, 1.165) is 5.56 Å². The topological polar surface area (TPSA) is 72.5 Å². The zero-order valence-electron chi connectivity index (χ0n) is 16.4. The molecule has 146 valence electrons. The van der Waals surface area contributed by atoms with Crippen molar-refractivity contribution in [2.45, 2.75) is 50.5 Å². The zero-order valence-corrected chi connectivity index (χ0v) is 17.3. The number of esters is 1. The van der Waals surface area contributed by atoms with Crippen LogP contribution in [0.15, 0.2) is 53.4 Å². The molecule has 27 heavy (non-hydrogen) atoms. The molecule has 0 radical (unpaired) electrons. The van der Waals surface area contributed by atoms with Gasteiger partial charge in [-0.15, -0.1) is 0 Å². The number of nitrogens with one attached hydrogen (secondary N) is 1. The first-order valence-electron chi connectivity index (χ1n) is 8.83. The van der Waals surface area contributed by atoms with E-state index in [1.54, 1.807) is 13.0 Å². The summed E-state index contributed by atoms with van der Waals surface area (Å²) in [5.74, 6) is -0.553. The van der Waals surface area contributed by atoms with Crippen molar-refractivity contribution in [3.63, 3.8) is 0 Å². The Morgan fingerprint density at radius 2 is 1.78 bits per heavy atom. The van der Waals surface area contributed by atoms with Crippen molar-refractivity contribution >= 4 is 16.0 Å². The Labute approximate surface area is 161 Å². The first kappa shape index (κ1) is 21.1. The average Bonchev–Trinajstić information content (AvgIpc) is 2.61. The van der Waals surface area contributed by atoms with Gasteiger partial charge in [-0.05, 0) is 48.9 Å². The van der Waals surface area contributed by atoms with E-state index in [1.807, 2.05) is 37.3 Å².